The van der Waals surface area contributed by atoms with Crippen molar-refractivity contribution in [3.8, 4) is 0 Å². The van der Waals surface area contributed by atoms with Gasteiger partial charge in [-0.1, -0.05) is 19.1 Å². The van der Waals surface area contributed by atoms with Gasteiger partial charge in [0.2, 0.25) is 0 Å². The zero-order valence-electron chi connectivity index (χ0n) is 16.5. The Hall–Kier alpha value is -1.91. The molecule has 10 heteroatoms. The fourth-order valence-corrected chi connectivity index (χ4v) is 4.11. The molecule has 1 aliphatic heterocycles. The SMILES string of the molecule is CCOC(=O)[C@@](C)(CCN1C[C@H](C)c2cc(B(O)O)ccc2C1=O)S(C)(=O)=O. The number of rotatable bonds is 7. The molecule has 1 aliphatic rings. The van der Waals surface area contributed by atoms with E-state index < -0.39 is 27.7 Å². The van der Waals surface area contributed by atoms with Crippen LogP contribution in [0.2, 0.25) is 0 Å². The van der Waals surface area contributed by atoms with Crippen molar-refractivity contribution in [3.05, 3.63) is 29.3 Å². The number of nitrogens with zero attached hydrogens (tertiary/aromatic N) is 1. The van der Waals surface area contributed by atoms with Gasteiger partial charge in [-0.15, -0.1) is 0 Å². The molecule has 2 N–H and O–H groups in total. The normalized spacial score (nSPS) is 19.0. The van der Waals surface area contributed by atoms with E-state index in [1.807, 2.05) is 6.92 Å². The number of amides is 1. The minimum Gasteiger partial charge on any atom is -0.465 e. The van der Waals surface area contributed by atoms with Gasteiger partial charge in [-0.2, -0.15) is 0 Å². The summed E-state index contributed by atoms with van der Waals surface area (Å²) in [5.41, 5.74) is 1.45. The Morgan fingerprint density at radius 3 is 2.57 bits per heavy atom. The van der Waals surface area contributed by atoms with Gasteiger partial charge in [0.25, 0.3) is 5.91 Å². The monoisotopic (exact) mass is 411 g/mol. The lowest BCUT2D eigenvalue weighted by atomic mass is 9.76. The quantitative estimate of drug-likeness (QED) is 0.466. The smallest absolute Gasteiger partial charge is 0.465 e. The second-order valence-electron chi connectivity index (χ2n) is 7.35. The Bertz CT molecular complexity index is 871. The van der Waals surface area contributed by atoms with Crippen LogP contribution in [0.4, 0.5) is 0 Å². The number of carbonyl (C=O) groups is 2. The van der Waals surface area contributed by atoms with Gasteiger partial charge in [0.15, 0.2) is 14.6 Å². The van der Waals surface area contributed by atoms with Crippen LogP contribution >= 0.6 is 0 Å². The van der Waals surface area contributed by atoms with Crippen LogP contribution in [0.3, 0.4) is 0 Å². The van der Waals surface area contributed by atoms with E-state index in [0.29, 0.717) is 23.1 Å². The summed E-state index contributed by atoms with van der Waals surface area (Å²) < 4.78 is 27.7. The molecule has 0 fully saturated rings. The minimum absolute atomic E-state index is 0.0655. The summed E-state index contributed by atoms with van der Waals surface area (Å²) >= 11 is 0. The number of ether oxygens (including phenoxy) is 1. The van der Waals surface area contributed by atoms with Gasteiger partial charge in [-0.05, 0) is 43.3 Å². The van der Waals surface area contributed by atoms with E-state index in [4.69, 9.17) is 4.74 Å². The second-order valence-corrected chi connectivity index (χ2v) is 9.79. The third kappa shape index (κ3) is 4.23. The highest BCUT2D eigenvalue weighted by molar-refractivity contribution is 7.92. The lowest BCUT2D eigenvalue weighted by Crippen LogP contribution is -2.49. The van der Waals surface area contributed by atoms with Gasteiger partial charge in [0, 0.05) is 24.9 Å². The maximum atomic E-state index is 12.8. The summed E-state index contributed by atoms with van der Waals surface area (Å²) in [4.78, 5) is 26.6. The van der Waals surface area contributed by atoms with Gasteiger partial charge in [-0.25, -0.2) is 8.42 Å². The summed E-state index contributed by atoms with van der Waals surface area (Å²) in [6, 6.07) is 4.60. The zero-order chi connectivity index (χ0) is 21.3. The summed E-state index contributed by atoms with van der Waals surface area (Å²) in [7, 11) is -5.38. The largest absolute Gasteiger partial charge is 0.488 e. The minimum atomic E-state index is -3.76. The molecule has 28 heavy (non-hydrogen) atoms. The molecule has 1 aromatic rings. The number of fused-ring (bicyclic) bond motifs is 1. The van der Waals surface area contributed by atoms with Crippen molar-refractivity contribution in [1.29, 1.82) is 0 Å². The fraction of sp³-hybridized carbons (Fsp3) is 0.556. The number of hydrogen-bond donors (Lipinski definition) is 2. The summed E-state index contributed by atoms with van der Waals surface area (Å²) in [5.74, 6) is -1.19. The predicted molar refractivity (Wildman–Crippen MR) is 105 cm³/mol. The highest BCUT2D eigenvalue weighted by Crippen LogP contribution is 2.29. The Labute approximate surface area is 165 Å². The number of carbonyl (C=O) groups excluding carboxylic acids is 2. The molecule has 1 aromatic carbocycles. The first-order chi connectivity index (χ1) is 12.9. The second kappa shape index (κ2) is 8.22. The Morgan fingerprint density at radius 2 is 2.04 bits per heavy atom. The van der Waals surface area contributed by atoms with Crippen LogP contribution in [0.25, 0.3) is 0 Å². The predicted octanol–water partition coefficient (Wildman–Crippen LogP) is -0.318. The molecule has 0 spiro atoms. The molecule has 0 radical (unpaired) electrons. The lowest BCUT2D eigenvalue weighted by molar-refractivity contribution is -0.146. The van der Waals surface area contributed by atoms with Crippen LogP contribution in [0.15, 0.2) is 18.2 Å². The first-order valence-electron chi connectivity index (χ1n) is 9.08. The fourth-order valence-electron chi connectivity index (χ4n) is 3.29. The average Bonchev–Trinajstić information content (AvgIpc) is 2.61. The van der Waals surface area contributed by atoms with Crippen LogP contribution in [0, 0.1) is 0 Å². The van der Waals surface area contributed by atoms with Crippen molar-refractivity contribution >= 4 is 34.3 Å². The van der Waals surface area contributed by atoms with Gasteiger partial charge < -0.3 is 19.7 Å². The van der Waals surface area contributed by atoms with E-state index in [1.165, 1.54) is 24.0 Å². The van der Waals surface area contributed by atoms with E-state index in [0.717, 1.165) is 6.26 Å². The topological polar surface area (TPSA) is 121 Å². The van der Waals surface area contributed by atoms with Gasteiger partial charge >= 0.3 is 13.1 Å². The lowest BCUT2D eigenvalue weighted by Gasteiger charge is -2.35. The Kier molecular flexibility index (Phi) is 6.57. The van der Waals surface area contributed by atoms with Crippen LogP contribution in [0.5, 0.6) is 0 Å². The summed E-state index contributed by atoms with van der Waals surface area (Å²) in [6.45, 7) is 5.30. The molecule has 0 saturated carbocycles. The molecular weight excluding hydrogens is 385 g/mol. The first kappa shape index (κ1) is 22.4. The van der Waals surface area contributed by atoms with Crippen molar-refractivity contribution in [2.45, 2.75) is 37.9 Å². The number of hydrogen-bond acceptors (Lipinski definition) is 7. The number of esters is 1. The molecule has 1 amide bonds. The molecular formula is C18H26BNO7S. The summed E-state index contributed by atoms with van der Waals surface area (Å²) in [6.07, 6.45) is 0.910. The van der Waals surface area contributed by atoms with E-state index >= 15 is 0 Å². The average molecular weight is 411 g/mol. The number of benzene rings is 1. The van der Waals surface area contributed by atoms with E-state index in [-0.39, 0.29) is 31.4 Å². The van der Waals surface area contributed by atoms with Crippen LogP contribution in [0.1, 0.15) is 49.0 Å². The van der Waals surface area contributed by atoms with E-state index in [9.17, 15) is 28.1 Å². The molecule has 0 saturated heterocycles. The van der Waals surface area contributed by atoms with Gasteiger partial charge in [0.1, 0.15) is 0 Å². The van der Waals surface area contributed by atoms with E-state index in [1.54, 1.807) is 13.0 Å². The Morgan fingerprint density at radius 1 is 1.39 bits per heavy atom. The van der Waals surface area contributed by atoms with Crippen molar-refractivity contribution < 1.29 is 32.8 Å². The van der Waals surface area contributed by atoms with Gasteiger partial charge in [-0.3, -0.25) is 9.59 Å². The molecule has 1 heterocycles. The number of sulfone groups is 1. The van der Waals surface area contributed by atoms with Crippen LogP contribution in [-0.2, 0) is 19.4 Å². The third-order valence-corrected chi connectivity index (χ3v) is 7.31. The summed E-state index contributed by atoms with van der Waals surface area (Å²) in [5, 5.41) is 18.7. The molecule has 0 aromatic heterocycles. The highest BCUT2D eigenvalue weighted by atomic mass is 32.2. The van der Waals surface area contributed by atoms with Crippen LogP contribution < -0.4 is 5.46 Å². The van der Waals surface area contributed by atoms with Crippen molar-refractivity contribution in [1.82, 2.24) is 4.90 Å². The molecule has 8 nitrogen and oxygen atoms in total. The molecule has 0 aliphatic carbocycles. The standard InChI is InChI=1S/C18H26BNO7S/c1-5-27-17(22)18(3,28(4,25)26)8-9-20-11-12(2)15-10-13(19(23)24)6-7-14(15)16(20)21/h6-7,10,12,23-24H,5,8-9,11H2,1-4H3/t12-,18+/m0/s1. The molecule has 0 bridgehead atoms. The van der Waals surface area contributed by atoms with Crippen molar-refractivity contribution in [3.63, 3.8) is 0 Å². The maximum Gasteiger partial charge on any atom is 0.488 e. The van der Waals surface area contributed by atoms with Crippen molar-refractivity contribution in [2.24, 2.45) is 0 Å². The van der Waals surface area contributed by atoms with Gasteiger partial charge in [0.05, 0.1) is 6.61 Å². The molecule has 2 atom stereocenters. The zero-order valence-corrected chi connectivity index (χ0v) is 17.3. The third-order valence-electron chi connectivity index (χ3n) is 5.30. The first-order valence-corrected chi connectivity index (χ1v) is 11.0. The van der Waals surface area contributed by atoms with Crippen LogP contribution in [-0.4, -0.2) is 73.1 Å². The molecule has 154 valence electrons. The Balaban J connectivity index is 2.26. The maximum absolute atomic E-state index is 12.8. The van der Waals surface area contributed by atoms with E-state index in [2.05, 4.69) is 0 Å². The highest BCUT2D eigenvalue weighted by Gasteiger charge is 2.45. The molecule has 0 unspecified atom stereocenters. The molecule has 2 rings (SSSR count). The van der Waals surface area contributed by atoms with Crippen molar-refractivity contribution in [2.75, 3.05) is 26.0 Å².